The van der Waals surface area contributed by atoms with Gasteiger partial charge in [0.2, 0.25) is 0 Å². The first-order valence-electron chi connectivity index (χ1n) is 7.69. The lowest BCUT2D eigenvalue weighted by Gasteiger charge is -2.53. The number of benzene rings is 1. The minimum atomic E-state index is 0.376. The number of aryl methyl sites for hydroxylation is 1. The molecule has 1 aromatic carbocycles. The van der Waals surface area contributed by atoms with Gasteiger partial charge in [-0.2, -0.15) is 0 Å². The van der Waals surface area contributed by atoms with Gasteiger partial charge in [0.25, 0.3) is 0 Å². The number of rotatable bonds is 2. The lowest BCUT2D eigenvalue weighted by Crippen LogP contribution is -2.56. The Balaban J connectivity index is 1.76. The fraction of sp³-hybridized carbons (Fsp3) is 0.647. The van der Waals surface area contributed by atoms with E-state index in [1.54, 1.807) is 0 Å². The summed E-state index contributed by atoms with van der Waals surface area (Å²) in [5.74, 6) is 1.00. The zero-order chi connectivity index (χ0) is 14.2. The molecule has 1 spiro atoms. The minimum Gasteiger partial charge on any atom is -0.489 e. The average Bonchev–Trinajstić information content (AvgIpc) is 2.69. The Morgan fingerprint density at radius 3 is 2.45 bits per heavy atom. The first-order chi connectivity index (χ1) is 9.62. The highest BCUT2D eigenvalue weighted by Gasteiger charge is 2.55. The van der Waals surface area contributed by atoms with Crippen molar-refractivity contribution >= 4 is 31.9 Å². The Hall–Kier alpha value is -0.0200. The van der Waals surface area contributed by atoms with Crippen LogP contribution in [0.2, 0.25) is 0 Å². The number of hydrogen-bond donors (Lipinski definition) is 0. The van der Waals surface area contributed by atoms with Crippen molar-refractivity contribution in [1.82, 2.24) is 0 Å². The number of ether oxygens (including phenoxy) is 1. The van der Waals surface area contributed by atoms with E-state index in [1.165, 1.54) is 44.1 Å². The average molecular weight is 402 g/mol. The van der Waals surface area contributed by atoms with Gasteiger partial charge < -0.3 is 4.74 Å². The van der Waals surface area contributed by atoms with Crippen molar-refractivity contribution in [1.29, 1.82) is 0 Å². The van der Waals surface area contributed by atoms with Gasteiger partial charge in [0, 0.05) is 10.2 Å². The third-order valence-electron chi connectivity index (χ3n) is 5.08. The summed E-state index contributed by atoms with van der Waals surface area (Å²) in [7, 11) is 0. The maximum atomic E-state index is 6.38. The third-order valence-corrected chi connectivity index (χ3v) is 6.98. The molecule has 1 aromatic rings. The maximum absolute atomic E-state index is 6.38. The summed E-state index contributed by atoms with van der Waals surface area (Å²) in [6.07, 6.45) is 9.65. The Kier molecular flexibility index (Phi) is 4.47. The van der Waals surface area contributed by atoms with Crippen LogP contribution in [-0.4, -0.2) is 10.9 Å². The van der Waals surface area contributed by atoms with Crippen molar-refractivity contribution in [2.75, 3.05) is 0 Å². The number of alkyl halides is 1. The molecule has 2 atom stereocenters. The second-order valence-corrected chi connectivity index (χ2v) is 8.35. The summed E-state index contributed by atoms with van der Waals surface area (Å²) in [5.41, 5.74) is 1.64. The highest BCUT2D eigenvalue weighted by Crippen LogP contribution is 2.56. The van der Waals surface area contributed by atoms with Crippen LogP contribution >= 0.6 is 31.9 Å². The van der Waals surface area contributed by atoms with Gasteiger partial charge >= 0.3 is 0 Å². The quantitative estimate of drug-likeness (QED) is 0.551. The fourth-order valence-electron chi connectivity index (χ4n) is 3.74. The standard InChI is InChI=1S/C17H22Br2O/c1-12-6-7-14(13(18)10-12)20-16-11-15(19)17(16)8-4-2-3-5-9-17/h6-7,10,15-16H,2-5,8-9,11H2,1H3. The molecule has 3 heteroatoms. The molecule has 110 valence electrons. The molecule has 0 aromatic heterocycles. The van der Waals surface area contributed by atoms with E-state index in [9.17, 15) is 0 Å². The first kappa shape index (κ1) is 14.9. The minimum absolute atomic E-state index is 0.376. The van der Waals surface area contributed by atoms with Crippen molar-refractivity contribution in [3.63, 3.8) is 0 Å². The summed E-state index contributed by atoms with van der Waals surface area (Å²) in [6, 6.07) is 6.37. The Morgan fingerprint density at radius 1 is 1.15 bits per heavy atom. The zero-order valence-electron chi connectivity index (χ0n) is 12.0. The monoisotopic (exact) mass is 400 g/mol. The normalized spacial score (nSPS) is 28.8. The molecule has 0 radical (unpaired) electrons. The van der Waals surface area contributed by atoms with E-state index in [1.807, 2.05) is 0 Å². The van der Waals surface area contributed by atoms with Crippen LogP contribution in [0.5, 0.6) is 5.75 Å². The van der Waals surface area contributed by atoms with Gasteiger partial charge in [-0.05, 0) is 59.8 Å². The Labute approximate surface area is 138 Å². The van der Waals surface area contributed by atoms with Crippen LogP contribution in [0.3, 0.4) is 0 Å². The molecule has 0 amide bonds. The predicted octanol–water partition coefficient (Wildman–Crippen LogP) is 6.01. The largest absolute Gasteiger partial charge is 0.489 e. The van der Waals surface area contributed by atoms with Crippen LogP contribution in [0.15, 0.2) is 22.7 Å². The van der Waals surface area contributed by atoms with Crippen LogP contribution in [0.25, 0.3) is 0 Å². The van der Waals surface area contributed by atoms with Crippen LogP contribution in [-0.2, 0) is 0 Å². The van der Waals surface area contributed by atoms with Crippen molar-refractivity contribution < 1.29 is 4.74 Å². The molecule has 0 saturated heterocycles. The van der Waals surface area contributed by atoms with Crippen molar-refractivity contribution in [2.24, 2.45) is 5.41 Å². The lowest BCUT2D eigenvalue weighted by atomic mass is 9.61. The Morgan fingerprint density at radius 2 is 1.85 bits per heavy atom. The molecule has 2 aliphatic carbocycles. The first-order valence-corrected chi connectivity index (χ1v) is 9.39. The molecule has 1 nitrogen and oxygen atoms in total. The highest BCUT2D eigenvalue weighted by molar-refractivity contribution is 9.10. The van der Waals surface area contributed by atoms with E-state index in [0.717, 1.165) is 16.6 Å². The van der Waals surface area contributed by atoms with E-state index in [0.29, 0.717) is 16.3 Å². The summed E-state index contributed by atoms with van der Waals surface area (Å²) in [4.78, 5) is 0.641. The molecule has 2 fully saturated rings. The SMILES string of the molecule is Cc1ccc(OC2CC(Br)C23CCCCCC3)c(Br)c1. The highest BCUT2D eigenvalue weighted by atomic mass is 79.9. The summed E-state index contributed by atoms with van der Waals surface area (Å²) >= 11 is 7.54. The second-order valence-electron chi connectivity index (χ2n) is 6.39. The second kappa shape index (κ2) is 6.00. The molecule has 0 N–H and O–H groups in total. The summed E-state index contributed by atoms with van der Waals surface area (Å²) in [6.45, 7) is 2.11. The summed E-state index contributed by atoms with van der Waals surface area (Å²) in [5, 5.41) is 0. The van der Waals surface area contributed by atoms with Crippen LogP contribution in [0, 0.1) is 12.3 Å². The lowest BCUT2D eigenvalue weighted by molar-refractivity contribution is -0.0465. The smallest absolute Gasteiger partial charge is 0.133 e. The molecular formula is C17H22Br2O. The predicted molar refractivity (Wildman–Crippen MR) is 90.8 cm³/mol. The van der Waals surface area contributed by atoms with E-state index in [2.05, 4.69) is 57.0 Å². The van der Waals surface area contributed by atoms with Gasteiger partial charge in [0.15, 0.2) is 0 Å². The zero-order valence-corrected chi connectivity index (χ0v) is 15.2. The van der Waals surface area contributed by atoms with E-state index >= 15 is 0 Å². The van der Waals surface area contributed by atoms with E-state index < -0.39 is 0 Å². The molecule has 3 rings (SSSR count). The van der Waals surface area contributed by atoms with Crippen LogP contribution in [0.4, 0.5) is 0 Å². The fourth-order valence-corrected chi connectivity index (χ4v) is 5.42. The van der Waals surface area contributed by atoms with Crippen molar-refractivity contribution in [3.8, 4) is 5.75 Å². The van der Waals surface area contributed by atoms with E-state index in [4.69, 9.17) is 4.74 Å². The van der Waals surface area contributed by atoms with Gasteiger partial charge in [-0.3, -0.25) is 0 Å². The molecule has 0 bridgehead atoms. The van der Waals surface area contributed by atoms with E-state index in [-0.39, 0.29) is 0 Å². The summed E-state index contributed by atoms with van der Waals surface area (Å²) < 4.78 is 7.46. The van der Waals surface area contributed by atoms with Gasteiger partial charge in [0.1, 0.15) is 11.9 Å². The van der Waals surface area contributed by atoms with Crippen LogP contribution in [0.1, 0.15) is 50.5 Å². The number of hydrogen-bond acceptors (Lipinski definition) is 1. The van der Waals surface area contributed by atoms with Gasteiger partial charge in [-0.1, -0.05) is 47.7 Å². The molecule has 2 unspecified atom stereocenters. The van der Waals surface area contributed by atoms with Crippen molar-refractivity contribution in [3.05, 3.63) is 28.2 Å². The molecule has 2 aliphatic rings. The molecule has 0 heterocycles. The Bertz CT molecular complexity index is 478. The molecule has 2 saturated carbocycles. The van der Waals surface area contributed by atoms with Crippen LogP contribution < -0.4 is 4.74 Å². The van der Waals surface area contributed by atoms with Gasteiger partial charge in [0.05, 0.1) is 4.47 Å². The van der Waals surface area contributed by atoms with Gasteiger partial charge in [-0.15, -0.1) is 0 Å². The molecular weight excluding hydrogens is 380 g/mol. The third kappa shape index (κ3) is 2.68. The van der Waals surface area contributed by atoms with Crippen molar-refractivity contribution in [2.45, 2.75) is 62.8 Å². The number of halogens is 2. The van der Waals surface area contributed by atoms with Gasteiger partial charge in [-0.25, -0.2) is 0 Å². The maximum Gasteiger partial charge on any atom is 0.133 e. The topological polar surface area (TPSA) is 9.23 Å². The molecule has 0 aliphatic heterocycles. The molecule has 20 heavy (non-hydrogen) atoms.